The van der Waals surface area contributed by atoms with Crippen LogP contribution in [0.1, 0.15) is 47.1 Å². The largest absolute Gasteiger partial charge is 0.459 e. The minimum absolute atomic E-state index is 0.0437. The van der Waals surface area contributed by atoms with Gasteiger partial charge in [-0.3, -0.25) is 4.79 Å². The Balaban J connectivity index is 3.19. The minimum Gasteiger partial charge on any atom is -0.459 e. The number of ether oxygens (including phenoxy) is 2. The summed E-state index contributed by atoms with van der Waals surface area (Å²) in [5.41, 5.74) is -0.807. The number of rotatable bonds is 6. The Kier molecular flexibility index (Phi) is 7.75. The number of carbonyl (C=O) groups excluding carboxylic acids is 1. The van der Waals surface area contributed by atoms with Gasteiger partial charge in [0, 0.05) is 5.02 Å². The average Bonchev–Trinajstić information content (AvgIpc) is 2.44. The van der Waals surface area contributed by atoms with Crippen LogP contribution in [0.3, 0.4) is 0 Å². The summed E-state index contributed by atoms with van der Waals surface area (Å²) in [6.45, 7) is 11.9. The molecular formula is C18H27Cl2NO5S. The third-order valence-corrected chi connectivity index (χ3v) is 5.52. The Labute approximate surface area is 171 Å². The van der Waals surface area contributed by atoms with Crippen LogP contribution in [0.2, 0.25) is 10.0 Å². The Bertz CT molecular complexity index is 795. The number of esters is 1. The molecule has 1 atom stereocenters. The Morgan fingerprint density at radius 1 is 1.07 bits per heavy atom. The highest BCUT2D eigenvalue weighted by molar-refractivity contribution is 7.89. The maximum absolute atomic E-state index is 12.8. The third-order valence-electron chi connectivity index (χ3n) is 3.17. The highest BCUT2D eigenvalue weighted by Gasteiger charge is 2.32. The van der Waals surface area contributed by atoms with Crippen molar-refractivity contribution in [3.05, 3.63) is 27.7 Å². The predicted molar refractivity (Wildman–Crippen MR) is 107 cm³/mol. The monoisotopic (exact) mass is 439 g/mol. The zero-order valence-corrected chi connectivity index (χ0v) is 19.0. The number of benzene rings is 1. The van der Waals surface area contributed by atoms with Crippen molar-refractivity contribution in [2.75, 3.05) is 6.61 Å². The van der Waals surface area contributed by atoms with Gasteiger partial charge in [-0.25, -0.2) is 8.42 Å². The summed E-state index contributed by atoms with van der Waals surface area (Å²) in [4.78, 5) is 12.3. The van der Waals surface area contributed by atoms with Gasteiger partial charge in [0.25, 0.3) is 0 Å². The standard InChI is InChI=1S/C18H27Cl2NO5S/c1-11-8-15(13(20)9-12(11)19)27(23,24)21-14(10-25-17(2,3)4)16(22)26-18(5,6)7/h8-9,14,21H,10H2,1-7H3. The first-order valence-electron chi connectivity index (χ1n) is 8.37. The second kappa shape index (κ2) is 8.66. The molecule has 1 N–H and O–H groups in total. The van der Waals surface area contributed by atoms with Crippen LogP contribution in [0.15, 0.2) is 17.0 Å². The van der Waals surface area contributed by atoms with Gasteiger partial charge in [-0.15, -0.1) is 0 Å². The van der Waals surface area contributed by atoms with Crippen LogP contribution >= 0.6 is 23.2 Å². The Morgan fingerprint density at radius 3 is 2.11 bits per heavy atom. The van der Waals surface area contributed by atoms with E-state index in [-0.39, 0.29) is 16.5 Å². The van der Waals surface area contributed by atoms with E-state index in [1.165, 1.54) is 12.1 Å². The molecule has 0 aliphatic carbocycles. The van der Waals surface area contributed by atoms with Gasteiger partial charge in [-0.05, 0) is 66.2 Å². The number of aryl methyl sites for hydroxylation is 1. The zero-order valence-electron chi connectivity index (χ0n) is 16.6. The van der Waals surface area contributed by atoms with Crippen molar-refractivity contribution in [2.45, 2.75) is 70.6 Å². The first-order valence-corrected chi connectivity index (χ1v) is 10.6. The second-order valence-electron chi connectivity index (χ2n) is 8.16. The number of halogens is 2. The lowest BCUT2D eigenvalue weighted by Crippen LogP contribution is -2.48. The van der Waals surface area contributed by atoms with E-state index < -0.39 is 33.2 Å². The molecule has 0 aromatic heterocycles. The highest BCUT2D eigenvalue weighted by atomic mass is 35.5. The number of sulfonamides is 1. The van der Waals surface area contributed by atoms with Gasteiger partial charge in [0.2, 0.25) is 10.0 Å². The molecule has 0 radical (unpaired) electrons. The van der Waals surface area contributed by atoms with Crippen LogP contribution in [0, 0.1) is 6.92 Å². The predicted octanol–water partition coefficient (Wildman–Crippen LogP) is 4.11. The molecule has 27 heavy (non-hydrogen) atoms. The van der Waals surface area contributed by atoms with E-state index in [1.807, 2.05) is 0 Å². The maximum Gasteiger partial charge on any atom is 0.327 e. The number of hydrogen-bond donors (Lipinski definition) is 1. The molecule has 1 unspecified atom stereocenters. The summed E-state index contributed by atoms with van der Waals surface area (Å²) in [5.74, 6) is -0.739. The Hall–Kier alpha value is -0.860. The van der Waals surface area contributed by atoms with Gasteiger partial charge in [-0.1, -0.05) is 23.2 Å². The molecule has 9 heteroatoms. The molecule has 154 valence electrons. The SMILES string of the molecule is Cc1cc(S(=O)(=O)NC(COC(C)(C)C)C(=O)OC(C)(C)C)c(Cl)cc1Cl. The summed E-state index contributed by atoms with van der Waals surface area (Å²) in [6.07, 6.45) is 0. The fourth-order valence-electron chi connectivity index (χ4n) is 1.94. The topological polar surface area (TPSA) is 81.7 Å². The first kappa shape index (κ1) is 24.2. The Morgan fingerprint density at radius 2 is 1.63 bits per heavy atom. The molecule has 0 heterocycles. The lowest BCUT2D eigenvalue weighted by atomic mass is 10.2. The highest BCUT2D eigenvalue weighted by Crippen LogP contribution is 2.28. The van der Waals surface area contributed by atoms with Crippen LogP contribution < -0.4 is 4.72 Å². The van der Waals surface area contributed by atoms with E-state index in [2.05, 4.69) is 4.72 Å². The van der Waals surface area contributed by atoms with Crippen molar-refractivity contribution in [3.63, 3.8) is 0 Å². The number of hydrogen-bond acceptors (Lipinski definition) is 5. The van der Waals surface area contributed by atoms with Gasteiger partial charge in [-0.2, -0.15) is 4.72 Å². The smallest absolute Gasteiger partial charge is 0.327 e. The van der Waals surface area contributed by atoms with Gasteiger partial charge in [0.05, 0.1) is 17.2 Å². The second-order valence-corrected chi connectivity index (χ2v) is 10.7. The van der Waals surface area contributed by atoms with Crippen molar-refractivity contribution in [1.82, 2.24) is 4.72 Å². The fraction of sp³-hybridized carbons (Fsp3) is 0.611. The molecule has 6 nitrogen and oxygen atoms in total. The van der Waals surface area contributed by atoms with Gasteiger partial charge >= 0.3 is 5.97 Å². The molecule has 0 amide bonds. The van der Waals surface area contributed by atoms with Crippen LogP contribution in [-0.2, 0) is 24.3 Å². The molecule has 1 aromatic rings. The van der Waals surface area contributed by atoms with Crippen molar-refractivity contribution in [2.24, 2.45) is 0 Å². The molecule has 0 saturated carbocycles. The van der Waals surface area contributed by atoms with E-state index in [1.54, 1.807) is 48.5 Å². The normalized spacial score (nSPS) is 14.1. The molecule has 0 aliphatic rings. The third kappa shape index (κ3) is 7.95. The average molecular weight is 440 g/mol. The van der Waals surface area contributed by atoms with E-state index in [4.69, 9.17) is 32.7 Å². The minimum atomic E-state index is -4.12. The van der Waals surface area contributed by atoms with Crippen LogP contribution in [0.25, 0.3) is 0 Å². The van der Waals surface area contributed by atoms with Crippen molar-refractivity contribution in [1.29, 1.82) is 0 Å². The molecule has 0 saturated heterocycles. The van der Waals surface area contributed by atoms with Gasteiger partial charge in [0.15, 0.2) is 0 Å². The van der Waals surface area contributed by atoms with E-state index >= 15 is 0 Å². The first-order chi connectivity index (χ1) is 12.0. The molecule has 0 aliphatic heterocycles. The summed E-state index contributed by atoms with van der Waals surface area (Å²) in [6, 6.07) is 1.46. The quantitative estimate of drug-likeness (QED) is 0.674. The van der Waals surface area contributed by atoms with E-state index in [9.17, 15) is 13.2 Å². The zero-order chi connectivity index (χ0) is 21.2. The van der Waals surface area contributed by atoms with Gasteiger partial charge in [0.1, 0.15) is 16.5 Å². The summed E-state index contributed by atoms with van der Waals surface area (Å²) in [7, 11) is -4.12. The summed E-state index contributed by atoms with van der Waals surface area (Å²) in [5, 5.41) is 0.302. The number of nitrogens with one attached hydrogen (secondary N) is 1. The van der Waals surface area contributed by atoms with Crippen LogP contribution in [-0.4, -0.2) is 38.2 Å². The molecular weight excluding hydrogens is 413 g/mol. The molecule has 0 spiro atoms. The fourth-order valence-corrected chi connectivity index (χ4v) is 3.95. The molecule has 0 bridgehead atoms. The van der Waals surface area contributed by atoms with Crippen molar-refractivity contribution in [3.8, 4) is 0 Å². The molecule has 0 fully saturated rings. The van der Waals surface area contributed by atoms with Gasteiger partial charge < -0.3 is 9.47 Å². The number of carbonyl (C=O) groups is 1. The van der Waals surface area contributed by atoms with Crippen LogP contribution in [0.4, 0.5) is 0 Å². The van der Waals surface area contributed by atoms with Crippen molar-refractivity contribution < 1.29 is 22.7 Å². The summed E-state index contributed by atoms with van der Waals surface area (Å²) >= 11 is 12.0. The lowest BCUT2D eigenvalue weighted by Gasteiger charge is -2.27. The van der Waals surface area contributed by atoms with E-state index in [0.29, 0.717) is 10.6 Å². The van der Waals surface area contributed by atoms with E-state index in [0.717, 1.165) is 0 Å². The molecule has 1 aromatic carbocycles. The summed E-state index contributed by atoms with van der Waals surface area (Å²) < 4.78 is 38.9. The maximum atomic E-state index is 12.8. The molecule has 1 rings (SSSR count). The van der Waals surface area contributed by atoms with Crippen LogP contribution in [0.5, 0.6) is 0 Å². The lowest BCUT2D eigenvalue weighted by molar-refractivity contribution is -0.159. The van der Waals surface area contributed by atoms with Crippen molar-refractivity contribution >= 4 is 39.2 Å².